The SMILES string of the molecule is [2H]C([2H])([2H])c1cccc(C([2H])([2H])[2H])c1-n1c(-n2c3ccccc3c3cccc(C(C)C)c32)c(C(C)C)c2ccccc21. The topological polar surface area (TPSA) is 9.86 Å². The molecule has 6 aromatic rings. The van der Waals surface area contributed by atoms with Gasteiger partial charge in [0.2, 0.25) is 0 Å². The van der Waals surface area contributed by atoms with Crippen LogP contribution in [0.25, 0.3) is 44.2 Å². The number of nitrogens with zero attached hydrogens (tertiary/aromatic N) is 2. The van der Waals surface area contributed by atoms with E-state index < -0.39 is 13.7 Å². The third-order valence-electron chi connectivity index (χ3n) is 7.28. The van der Waals surface area contributed by atoms with Gasteiger partial charge >= 0.3 is 0 Å². The molecule has 0 N–H and O–H groups in total. The van der Waals surface area contributed by atoms with Gasteiger partial charge in [-0.25, -0.2) is 0 Å². The van der Waals surface area contributed by atoms with Crippen molar-refractivity contribution in [2.24, 2.45) is 0 Å². The number of hydrogen-bond donors (Lipinski definition) is 0. The van der Waals surface area contributed by atoms with Crippen molar-refractivity contribution in [3.63, 3.8) is 0 Å². The fourth-order valence-corrected chi connectivity index (χ4v) is 5.78. The Kier molecular flexibility index (Phi) is 3.93. The minimum Gasteiger partial charge on any atom is -0.295 e. The van der Waals surface area contributed by atoms with Gasteiger partial charge in [-0.1, -0.05) is 100 Å². The molecule has 0 atom stereocenters. The van der Waals surface area contributed by atoms with Gasteiger partial charge in [-0.05, 0) is 54.4 Å². The molecule has 0 unspecified atom stereocenters. The van der Waals surface area contributed by atoms with Crippen molar-refractivity contribution in [1.82, 2.24) is 9.13 Å². The van der Waals surface area contributed by atoms with Gasteiger partial charge in [0.1, 0.15) is 5.82 Å². The van der Waals surface area contributed by atoms with Crippen molar-refractivity contribution in [2.75, 3.05) is 0 Å². The molecule has 0 saturated carbocycles. The molecule has 2 heteroatoms. The Hall–Kier alpha value is -3.78. The fourth-order valence-electron chi connectivity index (χ4n) is 5.78. The van der Waals surface area contributed by atoms with Crippen LogP contribution in [0.2, 0.25) is 0 Å². The van der Waals surface area contributed by atoms with Gasteiger partial charge in [-0.3, -0.25) is 9.13 Å². The highest BCUT2D eigenvalue weighted by atomic mass is 15.2. The molecular formula is C34H34N2. The summed E-state index contributed by atoms with van der Waals surface area (Å²) in [7, 11) is 0. The van der Waals surface area contributed by atoms with Crippen LogP contribution in [0, 0.1) is 13.7 Å². The van der Waals surface area contributed by atoms with Gasteiger partial charge < -0.3 is 0 Å². The lowest BCUT2D eigenvalue weighted by Gasteiger charge is -2.21. The quantitative estimate of drug-likeness (QED) is 0.240. The van der Waals surface area contributed by atoms with Crippen molar-refractivity contribution in [2.45, 2.75) is 53.2 Å². The second-order valence-electron chi connectivity index (χ2n) is 10.2. The van der Waals surface area contributed by atoms with E-state index in [0.717, 1.165) is 49.7 Å². The minimum atomic E-state index is -2.54. The molecule has 0 saturated heterocycles. The molecule has 6 rings (SSSR count). The van der Waals surface area contributed by atoms with Crippen LogP contribution in [0.4, 0.5) is 0 Å². The smallest absolute Gasteiger partial charge is 0.127 e. The van der Waals surface area contributed by atoms with E-state index in [0.29, 0.717) is 0 Å². The molecule has 2 heterocycles. The Bertz CT molecular complexity index is 1940. The number of fused-ring (bicyclic) bond motifs is 4. The van der Waals surface area contributed by atoms with Crippen LogP contribution >= 0.6 is 0 Å². The lowest BCUT2D eigenvalue weighted by atomic mass is 9.99. The summed E-state index contributed by atoms with van der Waals surface area (Å²) < 4.78 is 55.1. The highest BCUT2D eigenvalue weighted by Gasteiger charge is 2.27. The van der Waals surface area contributed by atoms with E-state index in [9.17, 15) is 0 Å². The summed E-state index contributed by atoms with van der Waals surface area (Å²) in [6.07, 6.45) is 0. The second-order valence-corrected chi connectivity index (χ2v) is 10.2. The van der Waals surface area contributed by atoms with E-state index in [4.69, 9.17) is 8.22 Å². The van der Waals surface area contributed by atoms with Crippen molar-refractivity contribution < 1.29 is 8.22 Å². The van der Waals surface area contributed by atoms with Crippen molar-refractivity contribution in [3.8, 4) is 11.5 Å². The maximum atomic E-state index is 8.49. The van der Waals surface area contributed by atoms with E-state index >= 15 is 0 Å². The predicted octanol–water partition coefficient (Wildman–Crippen LogP) is 9.59. The van der Waals surface area contributed by atoms with Gasteiger partial charge in [0, 0.05) is 29.9 Å². The van der Waals surface area contributed by atoms with E-state index in [1.165, 1.54) is 12.1 Å². The van der Waals surface area contributed by atoms with Crippen LogP contribution in [0.5, 0.6) is 0 Å². The van der Waals surface area contributed by atoms with E-state index in [1.54, 1.807) is 6.07 Å². The van der Waals surface area contributed by atoms with E-state index in [1.807, 2.05) is 34.9 Å². The lowest BCUT2D eigenvalue weighted by molar-refractivity contribution is 0.837. The van der Waals surface area contributed by atoms with E-state index in [-0.39, 0.29) is 28.7 Å². The summed E-state index contributed by atoms with van der Waals surface area (Å²) in [6, 6.07) is 27.1. The van der Waals surface area contributed by atoms with Gasteiger partial charge in [-0.15, -0.1) is 0 Å². The van der Waals surface area contributed by atoms with Crippen molar-refractivity contribution >= 4 is 32.7 Å². The minimum absolute atomic E-state index is 0.0123. The number of aryl methyl sites for hydroxylation is 2. The molecular weight excluding hydrogens is 436 g/mol. The largest absolute Gasteiger partial charge is 0.295 e. The number of aromatic nitrogens is 2. The van der Waals surface area contributed by atoms with Crippen LogP contribution in [0.15, 0.2) is 84.9 Å². The van der Waals surface area contributed by atoms with Crippen molar-refractivity contribution in [3.05, 3.63) is 107 Å². The zero-order valence-corrected chi connectivity index (χ0v) is 21.1. The third kappa shape index (κ3) is 3.17. The monoisotopic (exact) mass is 476 g/mol. The summed E-state index contributed by atoms with van der Waals surface area (Å²) >= 11 is 0. The molecule has 180 valence electrons. The van der Waals surface area contributed by atoms with E-state index in [2.05, 4.69) is 68.7 Å². The molecule has 0 spiro atoms. The van der Waals surface area contributed by atoms with Crippen LogP contribution in [-0.2, 0) is 0 Å². The first-order chi connectivity index (χ1) is 19.8. The zero-order valence-electron chi connectivity index (χ0n) is 27.1. The first-order valence-corrected chi connectivity index (χ1v) is 12.6. The molecule has 0 aliphatic heterocycles. The molecule has 0 amide bonds. The first kappa shape index (κ1) is 16.8. The molecule has 4 aromatic carbocycles. The summed E-state index contributed by atoms with van der Waals surface area (Å²) in [5.74, 6) is 1.03. The maximum Gasteiger partial charge on any atom is 0.127 e. The highest BCUT2D eigenvalue weighted by Crippen LogP contribution is 2.43. The highest BCUT2D eigenvalue weighted by molar-refractivity contribution is 6.11. The molecule has 0 aliphatic rings. The molecule has 2 nitrogen and oxygen atoms in total. The summed E-state index contributed by atoms with van der Waals surface area (Å²) in [5, 5.41) is 3.15. The Balaban J connectivity index is 1.96. The third-order valence-corrected chi connectivity index (χ3v) is 7.28. The van der Waals surface area contributed by atoms with Crippen LogP contribution in [0.1, 0.15) is 70.0 Å². The molecule has 0 radical (unpaired) electrons. The second kappa shape index (κ2) is 8.41. The average molecular weight is 477 g/mol. The standard InChI is InChI=1S/C34H34N2/c1-21(2)25-17-12-18-27-26-15-7-9-19-29(26)36(33(25)27)34-31(22(3)4)28-16-8-10-20-30(28)35(34)32-23(5)13-11-14-24(32)6/h7-22H,1-6H3/i5D3,6D3. The average Bonchev–Trinajstić information content (AvgIpc) is 3.44. The lowest BCUT2D eigenvalue weighted by Crippen LogP contribution is -2.10. The van der Waals surface area contributed by atoms with Crippen molar-refractivity contribution in [1.29, 1.82) is 0 Å². The van der Waals surface area contributed by atoms with Crippen LogP contribution in [-0.4, -0.2) is 9.13 Å². The Morgan fingerprint density at radius 1 is 0.583 bits per heavy atom. The summed E-state index contributed by atoms with van der Waals surface area (Å²) in [6.45, 7) is 3.53. The first-order valence-electron chi connectivity index (χ1n) is 15.6. The van der Waals surface area contributed by atoms with Gasteiger partial charge in [0.15, 0.2) is 0 Å². The van der Waals surface area contributed by atoms with Crippen LogP contribution < -0.4 is 0 Å². The molecule has 36 heavy (non-hydrogen) atoms. The summed E-state index contributed by atoms with van der Waals surface area (Å²) in [5.41, 5.74) is 5.21. The van der Waals surface area contributed by atoms with Gasteiger partial charge in [0.25, 0.3) is 0 Å². The zero-order chi connectivity index (χ0) is 30.1. The molecule has 2 aromatic heterocycles. The number of hydrogen-bond acceptors (Lipinski definition) is 0. The van der Waals surface area contributed by atoms with Gasteiger partial charge in [0.05, 0.1) is 22.2 Å². The predicted molar refractivity (Wildman–Crippen MR) is 155 cm³/mol. The maximum absolute atomic E-state index is 8.49. The number of para-hydroxylation sites is 4. The summed E-state index contributed by atoms with van der Waals surface area (Å²) in [4.78, 5) is 0. The van der Waals surface area contributed by atoms with Crippen LogP contribution in [0.3, 0.4) is 0 Å². The van der Waals surface area contributed by atoms with Gasteiger partial charge in [-0.2, -0.15) is 0 Å². The Morgan fingerprint density at radius 3 is 1.81 bits per heavy atom. The fraction of sp³-hybridized carbons (Fsp3) is 0.235. The Morgan fingerprint density at radius 2 is 1.17 bits per heavy atom. The molecule has 0 aliphatic carbocycles. The normalized spacial score (nSPS) is 15.3. The Labute approximate surface area is 222 Å². The number of benzene rings is 4. The molecule has 0 fully saturated rings. The molecule has 0 bridgehead atoms. The number of rotatable bonds is 4.